The lowest BCUT2D eigenvalue weighted by molar-refractivity contribution is -0.137. The molecule has 2 amide bonds. The third-order valence-corrected chi connectivity index (χ3v) is 12.4. The van der Waals surface area contributed by atoms with Gasteiger partial charge in [0.15, 0.2) is 5.82 Å². The van der Waals surface area contributed by atoms with Gasteiger partial charge in [0.25, 0.3) is 0 Å². The number of likely N-dealkylation sites (tertiary alicyclic amines) is 1. The van der Waals surface area contributed by atoms with Crippen molar-refractivity contribution in [2.75, 3.05) is 38.5 Å². The smallest absolute Gasteiger partial charge is 0.243 e. The number of likely N-dealkylation sites (N-methyl/N-ethyl adjacent to an activating group) is 1. The summed E-state index contributed by atoms with van der Waals surface area (Å²) in [5, 5.41) is 27.9. The fourth-order valence-electron chi connectivity index (χ4n) is 7.74. The van der Waals surface area contributed by atoms with Crippen LogP contribution in [-0.4, -0.2) is 99.9 Å². The van der Waals surface area contributed by atoms with Crippen molar-refractivity contribution in [1.82, 2.24) is 35.2 Å². The van der Waals surface area contributed by atoms with Gasteiger partial charge in [-0.3, -0.25) is 34.2 Å². The number of halogens is 1. The van der Waals surface area contributed by atoms with Crippen LogP contribution in [0.4, 0.5) is 5.69 Å². The first-order valence-electron chi connectivity index (χ1n) is 19.5. The number of aryl methyl sites for hydroxylation is 1. The minimum Gasteiger partial charge on any atom is -0.390 e. The number of rotatable bonds is 13. The van der Waals surface area contributed by atoms with Crippen LogP contribution >= 0.6 is 22.9 Å². The van der Waals surface area contributed by atoms with E-state index in [2.05, 4.69) is 54.4 Å². The third-order valence-electron chi connectivity index (χ3n) is 10.9. The summed E-state index contributed by atoms with van der Waals surface area (Å²) in [6, 6.07) is 13.2. The first-order valence-corrected chi connectivity index (χ1v) is 20.7. The maximum Gasteiger partial charge on any atom is 0.243 e. The van der Waals surface area contributed by atoms with Crippen LogP contribution in [-0.2, 0) is 22.7 Å². The molecular formula is C43H47ClN10O3S. The lowest BCUT2D eigenvalue weighted by atomic mass is 9.99. The molecule has 2 aromatic heterocycles. The van der Waals surface area contributed by atoms with Gasteiger partial charge in [-0.15, -0.1) is 21.5 Å². The second-order valence-electron chi connectivity index (χ2n) is 14.8. The number of hydrogen-bond acceptors (Lipinski definition) is 12. The number of imide groups is 1. The summed E-state index contributed by atoms with van der Waals surface area (Å²) in [5.41, 5.74) is 6.81. The summed E-state index contributed by atoms with van der Waals surface area (Å²) in [4.78, 5) is 46.4. The van der Waals surface area contributed by atoms with Gasteiger partial charge in [0.1, 0.15) is 23.7 Å². The largest absolute Gasteiger partial charge is 0.390 e. The highest BCUT2D eigenvalue weighted by atomic mass is 35.5. The van der Waals surface area contributed by atoms with Gasteiger partial charge >= 0.3 is 0 Å². The number of thiophene rings is 1. The highest BCUT2D eigenvalue weighted by molar-refractivity contribution is 7.15. The molecule has 13 nitrogen and oxygen atoms in total. The molecule has 2 aromatic carbocycles. The molecule has 4 N–H and O–H groups in total. The molecule has 2 saturated heterocycles. The van der Waals surface area contributed by atoms with Crippen LogP contribution in [0.1, 0.15) is 81.2 Å². The topological polar surface area (TPSA) is 161 Å². The van der Waals surface area contributed by atoms with Gasteiger partial charge in [-0.2, -0.15) is 0 Å². The van der Waals surface area contributed by atoms with E-state index in [1.807, 2.05) is 61.5 Å². The average Bonchev–Trinajstić information content (AvgIpc) is 3.69. The highest BCUT2D eigenvalue weighted by Gasteiger charge is 2.31. The zero-order valence-electron chi connectivity index (χ0n) is 32.9. The van der Waals surface area contributed by atoms with Crippen LogP contribution < -0.4 is 16.0 Å². The minimum absolute atomic E-state index is 0.244. The van der Waals surface area contributed by atoms with Crippen molar-refractivity contribution < 1.29 is 14.4 Å². The molecule has 4 aromatic rings. The maximum absolute atomic E-state index is 12.5. The minimum atomic E-state index is -0.421. The van der Waals surface area contributed by atoms with E-state index >= 15 is 0 Å². The van der Waals surface area contributed by atoms with E-state index in [4.69, 9.17) is 22.0 Å². The Morgan fingerprint density at radius 2 is 1.91 bits per heavy atom. The third kappa shape index (κ3) is 9.13. The molecule has 0 aliphatic carbocycles. The Bertz CT molecular complexity index is 2330. The number of carbonyl (C=O) groups excluding carboxylic acids is 3. The number of anilines is 1. The van der Waals surface area contributed by atoms with Gasteiger partial charge in [-0.05, 0) is 82.4 Å². The number of amides is 2. The molecule has 7 rings (SSSR count). The summed E-state index contributed by atoms with van der Waals surface area (Å²) in [7, 11) is 1.86. The molecule has 0 radical (unpaired) electrons. The summed E-state index contributed by atoms with van der Waals surface area (Å²) in [6.45, 7) is 8.44. The summed E-state index contributed by atoms with van der Waals surface area (Å²) in [6.07, 6.45) is 7.59. The predicted octanol–water partition coefficient (Wildman–Crippen LogP) is 5.44. The van der Waals surface area contributed by atoms with Crippen molar-refractivity contribution in [3.63, 3.8) is 0 Å². The summed E-state index contributed by atoms with van der Waals surface area (Å²) in [5.74, 6) is 7.57. The van der Waals surface area contributed by atoms with E-state index in [-0.39, 0.29) is 17.9 Å². The van der Waals surface area contributed by atoms with Gasteiger partial charge < -0.3 is 20.9 Å². The zero-order valence-corrected chi connectivity index (χ0v) is 34.5. The lowest BCUT2D eigenvalue weighted by Gasteiger charge is -2.34. The SMILES string of the molecule is Cc1c(C#C/C(C=N)=C/NCCCN2CCC(Nc3cccc(C=O)c3CN(C)C3CCC(=O)NC3=O)CC2)sc2c1C(c1ccc(Cl)cc1)=NCc1nnc(C)n1-2. The molecule has 300 valence electrons. The molecule has 3 aliphatic rings. The Labute approximate surface area is 347 Å². The number of carbonyl (C=O) groups is 3. The van der Waals surface area contributed by atoms with E-state index in [9.17, 15) is 14.4 Å². The first kappa shape index (κ1) is 40.7. The van der Waals surface area contributed by atoms with Crippen molar-refractivity contribution in [2.24, 2.45) is 4.99 Å². The van der Waals surface area contributed by atoms with Gasteiger partial charge in [0.05, 0.1) is 22.2 Å². The van der Waals surface area contributed by atoms with Crippen LogP contribution in [0.15, 0.2) is 59.2 Å². The number of allylic oxidation sites excluding steroid dienone is 1. The fourth-order valence-corrected chi connectivity index (χ4v) is 9.10. The fraction of sp³-hybridized carbons (Fsp3) is 0.372. The molecule has 58 heavy (non-hydrogen) atoms. The van der Waals surface area contributed by atoms with Gasteiger partial charge in [-0.1, -0.05) is 47.7 Å². The Balaban J connectivity index is 0.921. The van der Waals surface area contributed by atoms with Crippen LogP contribution in [0.5, 0.6) is 0 Å². The second-order valence-corrected chi connectivity index (χ2v) is 16.3. The van der Waals surface area contributed by atoms with E-state index < -0.39 is 6.04 Å². The maximum atomic E-state index is 12.5. The number of piperidine rings is 2. The van der Waals surface area contributed by atoms with E-state index in [0.29, 0.717) is 42.1 Å². The van der Waals surface area contributed by atoms with Crippen molar-refractivity contribution >= 4 is 58.7 Å². The summed E-state index contributed by atoms with van der Waals surface area (Å²) >= 11 is 7.79. The molecule has 2 fully saturated rings. The lowest BCUT2D eigenvalue weighted by Crippen LogP contribution is -2.51. The number of fused-ring (bicyclic) bond motifs is 3. The number of nitrogens with zero attached hydrogens (tertiary/aromatic N) is 6. The highest BCUT2D eigenvalue weighted by Crippen LogP contribution is 2.36. The van der Waals surface area contributed by atoms with Crippen molar-refractivity contribution in [2.45, 2.75) is 71.1 Å². The quantitative estimate of drug-likeness (QED) is 0.0453. The number of hydrogen-bond donors (Lipinski definition) is 4. The standard InChI is InChI=1S/C43H47ClN10O3S/c1-27-37(58-43-40(27)41(30-9-11-32(44)12-10-30)47-24-38-51-50-28(2)54(38)43)14-8-29(22-45)23-46-18-5-19-53-20-16-33(17-21-53)48-35-7-4-6-31(26-55)34(35)25-52(3)36-13-15-39(56)49-42(36)57/h4,6-7,9-12,22-23,26,33,36,45-46,48H,5,13,15-21,24-25H2,1-3H3,(H,49,56,57)/b29-23-,45-22?. The van der Waals surface area contributed by atoms with Gasteiger partial charge in [0.2, 0.25) is 11.8 Å². The van der Waals surface area contributed by atoms with E-state index in [1.165, 1.54) is 6.21 Å². The van der Waals surface area contributed by atoms with Crippen LogP contribution in [0, 0.1) is 31.1 Å². The van der Waals surface area contributed by atoms with E-state index in [0.717, 1.165) is 107 Å². The molecule has 0 saturated carbocycles. The second kappa shape index (κ2) is 18.4. The first-order chi connectivity index (χ1) is 28.1. The predicted molar refractivity (Wildman–Crippen MR) is 228 cm³/mol. The van der Waals surface area contributed by atoms with Crippen molar-refractivity contribution in [3.05, 3.63) is 104 Å². The number of nitrogens with one attached hydrogen (secondary N) is 4. The molecule has 1 atom stereocenters. The Hall–Kier alpha value is -5.46. The molecule has 5 heterocycles. The normalized spacial score (nSPS) is 17.4. The Morgan fingerprint density at radius 1 is 1.12 bits per heavy atom. The van der Waals surface area contributed by atoms with Crippen molar-refractivity contribution in [3.8, 4) is 16.8 Å². The molecule has 1 unspecified atom stereocenters. The Kier molecular flexibility index (Phi) is 12.9. The van der Waals surface area contributed by atoms with Crippen LogP contribution in [0.2, 0.25) is 5.02 Å². The monoisotopic (exact) mass is 818 g/mol. The molecule has 3 aliphatic heterocycles. The molecular weight excluding hydrogens is 772 g/mol. The number of aromatic nitrogens is 3. The zero-order chi connectivity index (χ0) is 40.8. The van der Waals surface area contributed by atoms with Gasteiger partial charge in [0, 0.05) is 78.5 Å². The van der Waals surface area contributed by atoms with Crippen LogP contribution in [0.25, 0.3) is 5.00 Å². The van der Waals surface area contributed by atoms with Crippen LogP contribution in [0.3, 0.4) is 0 Å². The number of aldehydes is 1. The molecule has 0 bridgehead atoms. The molecule has 0 spiro atoms. The number of aliphatic imine (C=N–C) groups is 1. The Morgan fingerprint density at radius 3 is 2.66 bits per heavy atom. The van der Waals surface area contributed by atoms with Gasteiger partial charge in [-0.25, -0.2) is 0 Å². The molecule has 15 heteroatoms. The van der Waals surface area contributed by atoms with E-state index in [1.54, 1.807) is 17.4 Å². The van der Waals surface area contributed by atoms with Crippen molar-refractivity contribution in [1.29, 1.82) is 5.41 Å². The summed E-state index contributed by atoms with van der Waals surface area (Å²) < 4.78 is 2.07. The number of benzene rings is 2. The average molecular weight is 819 g/mol.